The maximum atomic E-state index is 13.2. The number of carbonyl (C=O) groups is 1. The van der Waals surface area contributed by atoms with E-state index in [1.807, 2.05) is 12.3 Å². The third-order valence-corrected chi connectivity index (χ3v) is 8.35. The van der Waals surface area contributed by atoms with Crippen LogP contribution >= 0.6 is 11.3 Å². The Morgan fingerprint density at radius 3 is 2.88 bits per heavy atom. The van der Waals surface area contributed by atoms with Crippen molar-refractivity contribution in [3.05, 3.63) is 40.0 Å². The van der Waals surface area contributed by atoms with E-state index in [0.717, 1.165) is 77.5 Å². The summed E-state index contributed by atoms with van der Waals surface area (Å²) in [6.07, 6.45) is 6.24. The van der Waals surface area contributed by atoms with Crippen LogP contribution in [0.5, 0.6) is 5.75 Å². The number of anilines is 2. The number of aliphatic imine (C=N–C) groups is 1. The summed E-state index contributed by atoms with van der Waals surface area (Å²) in [5.74, 6) is 2.02. The zero-order valence-electron chi connectivity index (χ0n) is 19.5. The van der Waals surface area contributed by atoms with Gasteiger partial charge in [0.1, 0.15) is 22.7 Å². The predicted octanol–water partition coefficient (Wildman–Crippen LogP) is 3.60. The Morgan fingerprint density at radius 2 is 2.06 bits per heavy atom. The van der Waals surface area contributed by atoms with Crippen LogP contribution < -0.4 is 10.1 Å². The summed E-state index contributed by atoms with van der Waals surface area (Å²) in [4.78, 5) is 33.3. The smallest absolute Gasteiger partial charge is 0.226 e. The molecular formula is C25H28N6O2S. The minimum Gasteiger partial charge on any atom is -0.495 e. The number of carbonyl (C=O) groups excluding carboxylic acids is 1. The number of ether oxygens (including phenoxy) is 1. The minimum absolute atomic E-state index is 0.153. The van der Waals surface area contributed by atoms with E-state index < -0.39 is 0 Å². The Bertz CT molecular complexity index is 1290. The molecule has 0 aliphatic carbocycles. The van der Waals surface area contributed by atoms with Gasteiger partial charge in [-0.15, -0.1) is 11.3 Å². The van der Waals surface area contributed by atoms with Crippen molar-refractivity contribution in [3.8, 4) is 5.75 Å². The zero-order valence-corrected chi connectivity index (χ0v) is 20.3. The van der Waals surface area contributed by atoms with Crippen LogP contribution in [-0.2, 0) is 24.3 Å². The molecule has 0 saturated carbocycles. The third-order valence-electron chi connectivity index (χ3n) is 7.22. The Morgan fingerprint density at radius 1 is 1.21 bits per heavy atom. The molecule has 0 atom stereocenters. The summed E-state index contributed by atoms with van der Waals surface area (Å²) in [7, 11) is 3.81. The fourth-order valence-electron chi connectivity index (χ4n) is 5.26. The second-order valence-electron chi connectivity index (χ2n) is 9.34. The summed E-state index contributed by atoms with van der Waals surface area (Å²) in [5, 5.41) is 4.57. The van der Waals surface area contributed by atoms with Crippen molar-refractivity contribution in [3.63, 3.8) is 0 Å². The van der Waals surface area contributed by atoms with Crippen molar-refractivity contribution < 1.29 is 9.53 Å². The van der Waals surface area contributed by atoms with E-state index >= 15 is 0 Å². The molecule has 1 N–H and O–H groups in total. The van der Waals surface area contributed by atoms with E-state index in [4.69, 9.17) is 4.74 Å². The molecule has 5 heterocycles. The maximum absolute atomic E-state index is 13.2. The summed E-state index contributed by atoms with van der Waals surface area (Å²) in [6, 6.07) is 4.11. The van der Waals surface area contributed by atoms with Gasteiger partial charge in [-0.3, -0.25) is 9.79 Å². The minimum atomic E-state index is 0.153. The first-order chi connectivity index (χ1) is 16.6. The lowest BCUT2D eigenvalue weighted by Gasteiger charge is -2.34. The second-order valence-corrected chi connectivity index (χ2v) is 10.4. The SMILES string of the molecule is COc1cc2c(cc1Nc1ncnc3sc4c(c13)CCN(C(=O)C1CCN(C)CC1)C4)C=NC2. The number of rotatable bonds is 4. The number of hydrogen-bond acceptors (Lipinski definition) is 8. The molecule has 1 saturated heterocycles. The number of nitrogens with one attached hydrogen (secondary N) is 1. The number of likely N-dealkylation sites (tertiary alicyclic amines) is 1. The van der Waals surface area contributed by atoms with Gasteiger partial charge in [-0.2, -0.15) is 0 Å². The van der Waals surface area contributed by atoms with E-state index in [9.17, 15) is 4.79 Å². The number of amides is 1. The van der Waals surface area contributed by atoms with Gasteiger partial charge in [0, 0.05) is 23.6 Å². The molecule has 8 nitrogen and oxygen atoms in total. The molecule has 1 fully saturated rings. The van der Waals surface area contributed by atoms with Gasteiger partial charge >= 0.3 is 0 Å². The molecule has 0 bridgehead atoms. The molecule has 0 radical (unpaired) electrons. The zero-order chi connectivity index (χ0) is 23.2. The highest BCUT2D eigenvalue weighted by Crippen LogP contribution is 2.40. The van der Waals surface area contributed by atoms with E-state index in [1.54, 1.807) is 24.8 Å². The quantitative estimate of drug-likeness (QED) is 0.620. The third kappa shape index (κ3) is 3.73. The monoisotopic (exact) mass is 476 g/mol. The van der Waals surface area contributed by atoms with Gasteiger partial charge in [-0.25, -0.2) is 9.97 Å². The molecule has 9 heteroatoms. The lowest BCUT2D eigenvalue weighted by Crippen LogP contribution is -2.43. The van der Waals surface area contributed by atoms with Gasteiger partial charge < -0.3 is 19.9 Å². The van der Waals surface area contributed by atoms with Crippen molar-refractivity contribution in [1.29, 1.82) is 0 Å². The highest BCUT2D eigenvalue weighted by atomic mass is 32.1. The van der Waals surface area contributed by atoms with Gasteiger partial charge in [0.15, 0.2) is 0 Å². The number of thiophene rings is 1. The molecule has 6 rings (SSSR count). The maximum Gasteiger partial charge on any atom is 0.226 e. The molecule has 3 aromatic rings. The average Bonchev–Trinajstić information content (AvgIpc) is 3.47. The highest BCUT2D eigenvalue weighted by Gasteiger charge is 2.31. The van der Waals surface area contributed by atoms with Crippen LogP contribution in [0, 0.1) is 5.92 Å². The van der Waals surface area contributed by atoms with E-state index in [0.29, 0.717) is 19.0 Å². The van der Waals surface area contributed by atoms with E-state index in [2.05, 4.69) is 43.2 Å². The van der Waals surface area contributed by atoms with Crippen LogP contribution in [0.25, 0.3) is 10.2 Å². The van der Waals surface area contributed by atoms with Crippen LogP contribution in [0.2, 0.25) is 0 Å². The van der Waals surface area contributed by atoms with Crippen molar-refractivity contribution in [2.24, 2.45) is 10.9 Å². The molecule has 0 unspecified atom stereocenters. The van der Waals surface area contributed by atoms with Gasteiger partial charge in [0.25, 0.3) is 0 Å². The van der Waals surface area contributed by atoms with Gasteiger partial charge in [0.2, 0.25) is 5.91 Å². The molecule has 34 heavy (non-hydrogen) atoms. The fourth-order valence-corrected chi connectivity index (χ4v) is 6.46. The largest absolute Gasteiger partial charge is 0.495 e. The second kappa shape index (κ2) is 8.63. The Balaban J connectivity index is 1.29. The van der Waals surface area contributed by atoms with Gasteiger partial charge in [-0.05, 0) is 68.2 Å². The van der Waals surface area contributed by atoms with Crippen LogP contribution in [0.15, 0.2) is 23.5 Å². The van der Waals surface area contributed by atoms with Crippen LogP contribution in [0.4, 0.5) is 11.5 Å². The van der Waals surface area contributed by atoms with Crippen molar-refractivity contribution in [2.75, 3.05) is 39.1 Å². The Labute approximate surface area is 202 Å². The summed E-state index contributed by atoms with van der Waals surface area (Å²) < 4.78 is 5.65. The summed E-state index contributed by atoms with van der Waals surface area (Å²) in [6.45, 7) is 4.10. The topological polar surface area (TPSA) is 82.9 Å². The first-order valence-corrected chi connectivity index (χ1v) is 12.6. The molecule has 3 aliphatic heterocycles. The summed E-state index contributed by atoms with van der Waals surface area (Å²) in [5.41, 5.74) is 4.39. The van der Waals surface area contributed by atoms with Gasteiger partial charge in [-0.1, -0.05) is 0 Å². The number of nitrogens with zero attached hydrogens (tertiary/aromatic N) is 5. The average molecular weight is 477 g/mol. The molecule has 1 amide bonds. The highest BCUT2D eigenvalue weighted by molar-refractivity contribution is 7.19. The van der Waals surface area contributed by atoms with Crippen LogP contribution in [0.1, 0.15) is 34.4 Å². The fraction of sp³-hybridized carbons (Fsp3) is 0.440. The van der Waals surface area contributed by atoms with Crippen molar-refractivity contribution in [2.45, 2.75) is 32.4 Å². The number of aromatic nitrogens is 2. The standard InChI is InChI=1S/C25H28N6O2S/c1-30-6-3-15(4-7-30)25(32)31-8-5-18-21(13-31)34-24-22(18)23(27-14-28-24)29-19-9-16-11-26-12-17(16)10-20(19)33-2/h9-11,14-15H,3-8,12-13H2,1-2H3,(H,27,28,29). The predicted molar refractivity (Wildman–Crippen MR) is 134 cm³/mol. The number of fused-ring (bicyclic) bond motifs is 4. The number of piperidine rings is 1. The lowest BCUT2D eigenvalue weighted by atomic mass is 9.94. The van der Waals surface area contributed by atoms with Gasteiger partial charge in [0.05, 0.1) is 31.3 Å². The van der Waals surface area contributed by atoms with E-state index in [-0.39, 0.29) is 5.92 Å². The van der Waals surface area contributed by atoms with E-state index in [1.165, 1.54) is 10.4 Å². The first kappa shape index (κ1) is 21.5. The number of hydrogen-bond donors (Lipinski definition) is 1. The van der Waals surface area contributed by atoms with Crippen LogP contribution in [0.3, 0.4) is 0 Å². The Kier molecular flexibility index (Phi) is 5.45. The first-order valence-electron chi connectivity index (χ1n) is 11.8. The van der Waals surface area contributed by atoms with Crippen LogP contribution in [-0.4, -0.2) is 65.7 Å². The number of benzene rings is 1. The van der Waals surface area contributed by atoms with Crippen molar-refractivity contribution >= 4 is 45.2 Å². The molecular weight excluding hydrogens is 448 g/mol. The lowest BCUT2D eigenvalue weighted by molar-refractivity contribution is -0.137. The molecule has 2 aromatic heterocycles. The molecule has 0 spiro atoms. The Hall–Kier alpha value is -3.04. The number of methoxy groups -OCH3 is 1. The summed E-state index contributed by atoms with van der Waals surface area (Å²) >= 11 is 1.68. The normalized spacial score (nSPS) is 18.2. The van der Waals surface area contributed by atoms with Crippen molar-refractivity contribution in [1.82, 2.24) is 19.8 Å². The molecule has 1 aromatic carbocycles. The molecule has 3 aliphatic rings. The molecule has 176 valence electrons.